The topological polar surface area (TPSA) is 45.9 Å². The first kappa shape index (κ1) is 11.2. The van der Waals surface area contributed by atoms with Crippen molar-refractivity contribution in [1.82, 2.24) is 4.98 Å². The van der Waals surface area contributed by atoms with E-state index in [9.17, 15) is 0 Å². The van der Waals surface area contributed by atoms with Crippen LogP contribution >= 0.6 is 0 Å². The smallest absolute Gasteiger partial charge is 0.213 e. The number of pyridine rings is 1. The van der Waals surface area contributed by atoms with Crippen LogP contribution in [0.2, 0.25) is 0 Å². The number of nitriles is 1. The molecule has 0 N–H and O–H groups in total. The number of hydrogen-bond acceptors (Lipinski definition) is 3. The highest BCUT2D eigenvalue weighted by Gasteiger charge is 2.04. The Hall–Kier alpha value is -2.34. The standard InChI is InChI=1S/C14H12N2O/c1-17-14-10-11(7-8-15)9-13(16-14)12-5-3-2-4-6-12/h2-6,9-10H,7H2,1H3. The summed E-state index contributed by atoms with van der Waals surface area (Å²) >= 11 is 0. The van der Waals surface area contributed by atoms with Crippen LogP contribution in [-0.2, 0) is 6.42 Å². The van der Waals surface area contributed by atoms with Gasteiger partial charge in [0, 0.05) is 11.6 Å². The molecule has 1 heterocycles. The summed E-state index contributed by atoms with van der Waals surface area (Å²) in [6, 6.07) is 15.7. The number of benzene rings is 1. The van der Waals surface area contributed by atoms with E-state index < -0.39 is 0 Å². The molecule has 0 aliphatic carbocycles. The highest BCUT2D eigenvalue weighted by atomic mass is 16.5. The number of methoxy groups -OCH3 is 1. The maximum absolute atomic E-state index is 8.73. The molecule has 0 amide bonds. The van der Waals surface area contributed by atoms with Gasteiger partial charge in [0.05, 0.1) is 25.3 Å². The molecule has 2 rings (SSSR count). The molecule has 0 saturated carbocycles. The highest BCUT2D eigenvalue weighted by molar-refractivity contribution is 5.60. The molecule has 0 aliphatic heterocycles. The van der Waals surface area contributed by atoms with Gasteiger partial charge in [-0.05, 0) is 11.6 Å². The van der Waals surface area contributed by atoms with Crippen molar-refractivity contribution >= 4 is 0 Å². The maximum atomic E-state index is 8.73. The summed E-state index contributed by atoms with van der Waals surface area (Å²) in [6.07, 6.45) is 0.360. The lowest BCUT2D eigenvalue weighted by Gasteiger charge is -2.06. The van der Waals surface area contributed by atoms with E-state index in [1.54, 1.807) is 13.2 Å². The van der Waals surface area contributed by atoms with Crippen LogP contribution in [0.25, 0.3) is 11.3 Å². The van der Waals surface area contributed by atoms with Gasteiger partial charge in [-0.25, -0.2) is 4.98 Å². The molecule has 84 valence electrons. The first-order valence-electron chi connectivity index (χ1n) is 5.31. The lowest BCUT2D eigenvalue weighted by atomic mass is 10.1. The minimum atomic E-state index is 0.360. The molecule has 0 atom stereocenters. The summed E-state index contributed by atoms with van der Waals surface area (Å²) in [5.74, 6) is 0.539. The van der Waals surface area contributed by atoms with Crippen molar-refractivity contribution < 1.29 is 4.74 Å². The van der Waals surface area contributed by atoms with Crippen LogP contribution in [0.3, 0.4) is 0 Å². The van der Waals surface area contributed by atoms with E-state index in [4.69, 9.17) is 10.00 Å². The van der Waals surface area contributed by atoms with Crippen LogP contribution < -0.4 is 4.74 Å². The minimum Gasteiger partial charge on any atom is -0.481 e. The van der Waals surface area contributed by atoms with Crippen molar-refractivity contribution in [3.8, 4) is 23.2 Å². The van der Waals surface area contributed by atoms with Gasteiger partial charge in [-0.1, -0.05) is 30.3 Å². The molecule has 1 aromatic carbocycles. The second-order valence-electron chi connectivity index (χ2n) is 3.60. The van der Waals surface area contributed by atoms with Gasteiger partial charge in [0.25, 0.3) is 0 Å². The SMILES string of the molecule is COc1cc(CC#N)cc(-c2ccccc2)n1. The van der Waals surface area contributed by atoms with Gasteiger partial charge in [-0.3, -0.25) is 0 Å². The Kier molecular flexibility index (Phi) is 3.37. The maximum Gasteiger partial charge on any atom is 0.213 e. The molecule has 0 aliphatic rings. The van der Waals surface area contributed by atoms with E-state index in [0.717, 1.165) is 16.8 Å². The zero-order valence-electron chi connectivity index (χ0n) is 9.55. The molecular formula is C14H12N2O. The third-order valence-electron chi connectivity index (χ3n) is 2.42. The summed E-state index contributed by atoms with van der Waals surface area (Å²) in [4.78, 5) is 4.37. The fourth-order valence-corrected chi connectivity index (χ4v) is 1.61. The Morgan fingerprint density at radius 2 is 2.00 bits per heavy atom. The van der Waals surface area contributed by atoms with Crippen LogP contribution in [0.1, 0.15) is 5.56 Å². The van der Waals surface area contributed by atoms with Gasteiger partial charge in [0.2, 0.25) is 5.88 Å². The fraction of sp³-hybridized carbons (Fsp3) is 0.143. The van der Waals surface area contributed by atoms with Gasteiger partial charge in [-0.15, -0.1) is 0 Å². The second kappa shape index (κ2) is 5.13. The molecular weight excluding hydrogens is 212 g/mol. The van der Waals surface area contributed by atoms with Gasteiger partial charge < -0.3 is 4.74 Å². The number of aromatic nitrogens is 1. The quantitative estimate of drug-likeness (QED) is 0.805. The monoisotopic (exact) mass is 224 g/mol. The zero-order valence-corrected chi connectivity index (χ0v) is 9.55. The van der Waals surface area contributed by atoms with Crippen molar-refractivity contribution in [2.24, 2.45) is 0 Å². The van der Waals surface area contributed by atoms with E-state index in [2.05, 4.69) is 11.1 Å². The van der Waals surface area contributed by atoms with E-state index in [1.807, 2.05) is 36.4 Å². The van der Waals surface area contributed by atoms with E-state index in [-0.39, 0.29) is 0 Å². The van der Waals surface area contributed by atoms with Crippen LogP contribution in [-0.4, -0.2) is 12.1 Å². The Labute approximate surface area is 100 Å². The third-order valence-corrected chi connectivity index (χ3v) is 2.42. The molecule has 0 fully saturated rings. The Bertz CT molecular complexity index is 544. The van der Waals surface area contributed by atoms with Crippen molar-refractivity contribution in [2.75, 3.05) is 7.11 Å². The van der Waals surface area contributed by atoms with E-state index in [1.165, 1.54) is 0 Å². The molecule has 0 unspecified atom stereocenters. The minimum absolute atomic E-state index is 0.360. The average Bonchev–Trinajstić information content (AvgIpc) is 2.40. The van der Waals surface area contributed by atoms with Crippen molar-refractivity contribution in [2.45, 2.75) is 6.42 Å². The molecule has 3 nitrogen and oxygen atoms in total. The predicted octanol–water partition coefficient (Wildman–Crippen LogP) is 2.82. The van der Waals surface area contributed by atoms with Crippen molar-refractivity contribution in [3.63, 3.8) is 0 Å². The molecule has 0 spiro atoms. The van der Waals surface area contributed by atoms with Crippen LogP contribution in [0.5, 0.6) is 5.88 Å². The van der Waals surface area contributed by atoms with E-state index in [0.29, 0.717) is 12.3 Å². The van der Waals surface area contributed by atoms with Crippen LogP contribution in [0, 0.1) is 11.3 Å². The Morgan fingerprint density at radius 1 is 1.24 bits per heavy atom. The Balaban J connectivity index is 2.47. The molecule has 17 heavy (non-hydrogen) atoms. The second-order valence-corrected chi connectivity index (χ2v) is 3.60. The first-order chi connectivity index (χ1) is 8.33. The number of hydrogen-bond donors (Lipinski definition) is 0. The van der Waals surface area contributed by atoms with Crippen molar-refractivity contribution in [1.29, 1.82) is 5.26 Å². The summed E-state index contributed by atoms with van der Waals surface area (Å²) in [6.45, 7) is 0. The zero-order chi connectivity index (χ0) is 12.1. The lowest BCUT2D eigenvalue weighted by molar-refractivity contribution is 0.398. The Morgan fingerprint density at radius 3 is 2.65 bits per heavy atom. The van der Waals surface area contributed by atoms with Crippen LogP contribution in [0.15, 0.2) is 42.5 Å². The largest absolute Gasteiger partial charge is 0.481 e. The number of rotatable bonds is 3. The summed E-state index contributed by atoms with van der Waals surface area (Å²) in [5.41, 5.74) is 2.76. The molecule has 0 bridgehead atoms. The van der Waals surface area contributed by atoms with E-state index >= 15 is 0 Å². The van der Waals surface area contributed by atoms with Crippen molar-refractivity contribution in [3.05, 3.63) is 48.0 Å². The normalized spacial score (nSPS) is 9.65. The van der Waals surface area contributed by atoms with Crippen LogP contribution in [0.4, 0.5) is 0 Å². The molecule has 2 aromatic rings. The third kappa shape index (κ3) is 2.61. The number of ether oxygens (including phenoxy) is 1. The van der Waals surface area contributed by atoms with Gasteiger partial charge in [0.15, 0.2) is 0 Å². The molecule has 0 radical (unpaired) electrons. The lowest BCUT2D eigenvalue weighted by Crippen LogP contribution is -1.93. The summed E-state index contributed by atoms with van der Waals surface area (Å²) in [7, 11) is 1.58. The first-order valence-corrected chi connectivity index (χ1v) is 5.31. The van der Waals surface area contributed by atoms with Gasteiger partial charge in [-0.2, -0.15) is 5.26 Å². The number of nitrogens with zero attached hydrogens (tertiary/aromatic N) is 2. The highest BCUT2D eigenvalue weighted by Crippen LogP contribution is 2.22. The predicted molar refractivity (Wildman–Crippen MR) is 65.5 cm³/mol. The summed E-state index contributed by atoms with van der Waals surface area (Å²) in [5, 5.41) is 8.73. The molecule has 3 heteroatoms. The molecule has 1 aromatic heterocycles. The summed E-state index contributed by atoms with van der Waals surface area (Å²) < 4.78 is 5.14. The molecule has 0 saturated heterocycles. The fourth-order valence-electron chi connectivity index (χ4n) is 1.61. The van der Waals surface area contributed by atoms with Gasteiger partial charge >= 0.3 is 0 Å². The van der Waals surface area contributed by atoms with Gasteiger partial charge in [0.1, 0.15) is 0 Å². The average molecular weight is 224 g/mol.